The number of aryl methyl sites for hydroxylation is 1. The van der Waals surface area contributed by atoms with Crippen molar-refractivity contribution in [2.45, 2.75) is 30.2 Å². The average Bonchev–Trinajstić information content (AvgIpc) is 2.94. The third-order valence-electron chi connectivity index (χ3n) is 4.02. The van der Waals surface area contributed by atoms with Gasteiger partial charge in [-0.15, -0.1) is 0 Å². The van der Waals surface area contributed by atoms with Crippen LogP contribution in [-0.2, 0) is 14.8 Å². The Bertz CT molecular complexity index is 610. The van der Waals surface area contributed by atoms with E-state index < -0.39 is 10.0 Å². The molecule has 1 heterocycles. The zero-order chi connectivity index (χ0) is 16.2. The quantitative estimate of drug-likeness (QED) is 0.782. The number of hydrogen-bond donors (Lipinski definition) is 2. The number of nitrogens with one attached hydrogen (secondary N) is 2. The molecule has 1 unspecified atom stereocenters. The van der Waals surface area contributed by atoms with Gasteiger partial charge in [0.05, 0.1) is 24.2 Å². The summed E-state index contributed by atoms with van der Waals surface area (Å²) in [5.74, 6) is 0.643. The molecular formula is C15H24N2O4S. The van der Waals surface area contributed by atoms with E-state index in [0.29, 0.717) is 24.5 Å². The van der Waals surface area contributed by atoms with Crippen molar-refractivity contribution in [1.82, 2.24) is 10.0 Å². The second-order valence-corrected chi connectivity index (χ2v) is 7.44. The van der Waals surface area contributed by atoms with Crippen LogP contribution in [0.25, 0.3) is 0 Å². The summed E-state index contributed by atoms with van der Waals surface area (Å²) >= 11 is 0. The Morgan fingerprint density at radius 1 is 1.36 bits per heavy atom. The lowest BCUT2D eigenvalue weighted by Crippen LogP contribution is -2.52. The van der Waals surface area contributed by atoms with Crippen molar-refractivity contribution in [1.29, 1.82) is 0 Å². The summed E-state index contributed by atoms with van der Waals surface area (Å²) < 4.78 is 38.1. The number of benzene rings is 1. The van der Waals surface area contributed by atoms with Gasteiger partial charge in [0.2, 0.25) is 10.0 Å². The summed E-state index contributed by atoms with van der Waals surface area (Å²) in [6, 6.07) is 4.94. The molecule has 22 heavy (non-hydrogen) atoms. The fourth-order valence-corrected chi connectivity index (χ4v) is 4.18. The van der Waals surface area contributed by atoms with Gasteiger partial charge in [0.15, 0.2) is 0 Å². The molecule has 1 fully saturated rings. The predicted molar refractivity (Wildman–Crippen MR) is 84.8 cm³/mol. The van der Waals surface area contributed by atoms with Gasteiger partial charge in [-0.2, -0.15) is 0 Å². The fraction of sp³-hybridized carbons (Fsp3) is 0.600. The first kappa shape index (κ1) is 17.2. The monoisotopic (exact) mass is 328 g/mol. The maximum atomic E-state index is 12.5. The standard InChI is InChI=1S/C15H24N2O4S/c1-12-9-13(21-3)5-6-14(12)22(18,19)17-10-15(11-20-2)7-4-8-16-15/h5-6,9,16-17H,4,7-8,10-11H2,1-3H3. The smallest absolute Gasteiger partial charge is 0.240 e. The van der Waals surface area contributed by atoms with E-state index in [0.717, 1.165) is 19.4 Å². The summed E-state index contributed by atoms with van der Waals surface area (Å²) in [5.41, 5.74) is 0.342. The second kappa shape index (κ2) is 6.95. The number of ether oxygens (including phenoxy) is 2. The normalized spacial score (nSPS) is 22.0. The molecule has 1 aromatic carbocycles. The van der Waals surface area contributed by atoms with E-state index in [1.54, 1.807) is 39.3 Å². The summed E-state index contributed by atoms with van der Waals surface area (Å²) in [5, 5.41) is 3.36. The maximum Gasteiger partial charge on any atom is 0.240 e. The lowest BCUT2D eigenvalue weighted by Gasteiger charge is -2.29. The van der Waals surface area contributed by atoms with Crippen molar-refractivity contribution in [3.63, 3.8) is 0 Å². The Morgan fingerprint density at radius 2 is 2.14 bits per heavy atom. The molecule has 0 aliphatic carbocycles. The lowest BCUT2D eigenvalue weighted by molar-refractivity contribution is 0.122. The molecule has 1 aliphatic heterocycles. The highest BCUT2D eigenvalue weighted by atomic mass is 32.2. The molecule has 0 aromatic heterocycles. The first-order valence-electron chi connectivity index (χ1n) is 7.31. The third kappa shape index (κ3) is 3.78. The van der Waals surface area contributed by atoms with Crippen LogP contribution in [0.3, 0.4) is 0 Å². The third-order valence-corrected chi connectivity index (χ3v) is 5.59. The van der Waals surface area contributed by atoms with Crippen molar-refractivity contribution in [2.24, 2.45) is 0 Å². The van der Waals surface area contributed by atoms with Gasteiger partial charge in [0, 0.05) is 13.7 Å². The van der Waals surface area contributed by atoms with E-state index in [9.17, 15) is 8.42 Å². The maximum absolute atomic E-state index is 12.5. The molecule has 2 N–H and O–H groups in total. The van der Waals surface area contributed by atoms with Crippen LogP contribution >= 0.6 is 0 Å². The second-order valence-electron chi connectivity index (χ2n) is 5.70. The van der Waals surface area contributed by atoms with Crippen molar-refractivity contribution in [3.8, 4) is 5.75 Å². The summed E-state index contributed by atoms with van der Waals surface area (Å²) in [7, 11) is -0.375. The number of methoxy groups -OCH3 is 2. The SMILES string of the molecule is COCC1(CNS(=O)(=O)c2ccc(OC)cc2C)CCCN1. The fourth-order valence-electron chi connectivity index (χ4n) is 2.83. The molecule has 7 heteroatoms. The summed E-state index contributed by atoms with van der Waals surface area (Å²) in [6.45, 7) is 3.44. The number of sulfonamides is 1. The Hall–Kier alpha value is -1.15. The van der Waals surface area contributed by atoms with Crippen molar-refractivity contribution < 1.29 is 17.9 Å². The van der Waals surface area contributed by atoms with Crippen LogP contribution in [0.1, 0.15) is 18.4 Å². The summed E-state index contributed by atoms with van der Waals surface area (Å²) in [4.78, 5) is 0.277. The van der Waals surface area contributed by atoms with Crippen LogP contribution in [0.5, 0.6) is 5.75 Å². The van der Waals surface area contributed by atoms with Crippen molar-refractivity contribution in [2.75, 3.05) is 33.9 Å². The first-order valence-corrected chi connectivity index (χ1v) is 8.79. The van der Waals surface area contributed by atoms with Crippen LogP contribution in [0, 0.1) is 6.92 Å². The van der Waals surface area contributed by atoms with Gasteiger partial charge in [0.25, 0.3) is 0 Å². The molecule has 1 saturated heterocycles. The van der Waals surface area contributed by atoms with Gasteiger partial charge in [-0.1, -0.05) is 0 Å². The molecule has 0 radical (unpaired) electrons. The molecule has 0 spiro atoms. The summed E-state index contributed by atoms with van der Waals surface area (Å²) in [6.07, 6.45) is 1.91. The van der Waals surface area contributed by atoms with Gasteiger partial charge in [-0.05, 0) is 50.1 Å². The van der Waals surface area contributed by atoms with E-state index in [4.69, 9.17) is 9.47 Å². The van der Waals surface area contributed by atoms with Crippen LogP contribution < -0.4 is 14.8 Å². The van der Waals surface area contributed by atoms with Crippen molar-refractivity contribution >= 4 is 10.0 Å². The Morgan fingerprint density at radius 3 is 2.68 bits per heavy atom. The van der Waals surface area contributed by atoms with E-state index in [-0.39, 0.29) is 10.4 Å². The van der Waals surface area contributed by atoms with E-state index in [1.807, 2.05) is 0 Å². The Labute approximate surface area is 132 Å². The zero-order valence-electron chi connectivity index (χ0n) is 13.3. The van der Waals surface area contributed by atoms with Gasteiger partial charge in [-0.3, -0.25) is 0 Å². The van der Waals surface area contributed by atoms with Gasteiger partial charge >= 0.3 is 0 Å². The highest BCUT2D eigenvalue weighted by Gasteiger charge is 2.35. The largest absolute Gasteiger partial charge is 0.497 e. The minimum atomic E-state index is -3.56. The van der Waals surface area contributed by atoms with Gasteiger partial charge in [0.1, 0.15) is 5.75 Å². The molecule has 2 rings (SSSR count). The molecule has 1 aromatic rings. The molecule has 0 bridgehead atoms. The highest BCUT2D eigenvalue weighted by Crippen LogP contribution is 2.23. The molecule has 0 saturated carbocycles. The topological polar surface area (TPSA) is 76.7 Å². The van der Waals surface area contributed by atoms with E-state index in [1.165, 1.54) is 0 Å². The first-order chi connectivity index (χ1) is 10.4. The molecule has 124 valence electrons. The molecule has 0 amide bonds. The Kier molecular flexibility index (Phi) is 5.44. The zero-order valence-corrected chi connectivity index (χ0v) is 14.1. The Balaban J connectivity index is 2.14. The van der Waals surface area contributed by atoms with E-state index in [2.05, 4.69) is 10.0 Å². The van der Waals surface area contributed by atoms with Crippen LogP contribution in [-0.4, -0.2) is 47.9 Å². The van der Waals surface area contributed by atoms with Crippen LogP contribution in [0.2, 0.25) is 0 Å². The number of rotatable bonds is 7. The number of hydrogen-bond acceptors (Lipinski definition) is 5. The van der Waals surface area contributed by atoms with Crippen LogP contribution in [0.15, 0.2) is 23.1 Å². The lowest BCUT2D eigenvalue weighted by atomic mass is 9.99. The molecule has 1 aliphatic rings. The minimum Gasteiger partial charge on any atom is -0.497 e. The molecular weight excluding hydrogens is 304 g/mol. The highest BCUT2D eigenvalue weighted by molar-refractivity contribution is 7.89. The minimum absolute atomic E-state index is 0.277. The molecule has 6 nitrogen and oxygen atoms in total. The van der Waals surface area contributed by atoms with Crippen LogP contribution in [0.4, 0.5) is 0 Å². The van der Waals surface area contributed by atoms with Gasteiger partial charge in [-0.25, -0.2) is 13.1 Å². The average molecular weight is 328 g/mol. The van der Waals surface area contributed by atoms with E-state index >= 15 is 0 Å². The molecule has 1 atom stereocenters. The predicted octanol–water partition coefficient (Wildman–Crippen LogP) is 1.05. The van der Waals surface area contributed by atoms with Crippen molar-refractivity contribution in [3.05, 3.63) is 23.8 Å². The van der Waals surface area contributed by atoms with Gasteiger partial charge < -0.3 is 14.8 Å².